The molecule has 2 aromatic rings. The van der Waals surface area contributed by atoms with Crippen molar-refractivity contribution in [1.82, 2.24) is 20.3 Å². The Morgan fingerprint density at radius 1 is 1.47 bits per heavy atom. The number of nitrogens with one attached hydrogen (secondary N) is 1. The number of fused-ring (bicyclic) bond motifs is 1. The summed E-state index contributed by atoms with van der Waals surface area (Å²) in [6, 6.07) is 5.89. The predicted octanol–water partition coefficient (Wildman–Crippen LogP) is 0.319. The maximum atomic E-state index is 5.80. The van der Waals surface area contributed by atoms with E-state index in [1.54, 1.807) is 4.68 Å². The van der Waals surface area contributed by atoms with Crippen LogP contribution in [0.15, 0.2) is 18.2 Å². The lowest BCUT2D eigenvalue weighted by Crippen LogP contribution is -2.50. The first-order valence-corrected chi connectivity index (χ1v) is 5.00. The first-order valence-electron chi connectivity index (χ1n) is 5.00. The summed E-state index contributed by atoms with van der Waals surface area (Å²) in [5.74, 6) is 0.826. The van der Waals surface area contributed by atoms with Crippen molar-refractivity contribution in [3.63, 3.8) is 0 Å². The molecule has 1 aliphatic rings. The Kier molecular flexibility index (Phi) is 1.85. The van der Waals surface area contributed by atoms with Crippen LogP contribution in [0.5, 0.6) is 5.75 Å². The predicted molar refractivity (Wildman–Crippen MR) is 55.8 cm³/mol. The number of rotatable bonds is 2. The highest BCUT2D eigenvalue weighted by atomic mass is 16.5. The highest BCUT2D eigenvalue weighted by Crippen LogP contribution is 2.24. The van der Waals surface area contributed by atoms with Gasteiger partial charge in [-0.25, -0.2) is 4.68 Å². The highest BCUT2D eigenvalue weighted by Gasteiger charge is 2.20. The lowest BCUT2D eigenvalue weighted by molar-refractivity contribution is 0.144. The van der Waals surface area contributed by atoms with E-state index in [1.807, 2.05) is 25.2 Å². The van der Waals surface area contributed by atoms with E-state index >= 15 is 0 Å². The molecule has 1 aliphatic heterocycles. The maximum absolute atomic E-state index is 5.80. The van der Waals surface area contributed by atoms with Gasteiger partial charge in [0.2, 0.25) is 0 Å². The number of ether oxygens (including phenoxy) is 1. The standard InChI is InChI=1S/C10H12N4O/c1-14-8-3-2-4-9(10(8)12-13-14)15-7-5-11-6-7/h2-4,7,11H,5-6H2,1H3. The average molecular weight is 204 g/mol. The van der Waals surface area contributed by atoms with Crippen LogP contribution in [0, 0.1) is 0 Å². The molecule has 0 radical (unpaired) electrons. The van der Waals surface area contributed by atoms with E-state index < -0.39 is 0 Å². The molecule has 15 heavy (non-hydrogen) atoms. The molecule has 1 aromatic carbocycles. The fourth-order valence-electron chi connectivity index (χ4n) is 1.65. The molecule has 0 spiro atoms. The van der Waals surface area contributed by atoms with Gasteiger partial charge in [0, 0.05) is 20.1 Å². The summed E-state index contributed by atoms with van der Waals surface area (Å²) in [6.07, 6.45) is 0.276. The van der Waals surface area contributed by atoms with E-state index in [4.69, 9.17) is 4.74 Å². The fourth-order valence-corrected chi connectivity index (χ4v) is 1.65. The zero-order chi connectivity index (χ0) is 10.3. The number of aryl methyl sites for hydroxylation is 1. The van der Waals surface area contributed by atoms with Gasteiger partial charge in [0.25, 0.3) is 0 Å². The van der Waals surface area contributed by atoms with Crippen molar-refractivity contribution in [3.8, 4) is 5.75 Å². The Balaban J connectivity index is 2.01. The second-order valence-corrected chi connectivity index (χ2v) is 3.74. The molecule has 0 amide bonds. The van der Waals surface area contributed by atoms with Crippen LogP contribution in [0.1, 0.15) is 0 Å². The maximum Gasteiger partial charge on any atom is 0.155 e. The van der Waals surface area contributed by atoms with Crippen LogP contribution in [0.3, 0.4) is 0 Å². The van der Waals surface area contributed by atoms with Crippen molar-refractivity contribution >= 4 is 11.0 Å². The smallest absolute Gasteiger partial charge is 0.155 e. The normalized spacial score (nSPS) is 16.6. The lowest BCUT2D eigenvalue weighted by atomic mass is 10.2. The molecule has 5 heteroatoms. The van der Waals surface area contributed by atoms with Gasteiger partial charge in [-0.15, -0.1) is 5.10 Å². The van der Waals surface area contributed by atoms with Gasteiger partial charge >= 0.3 is 0 Å². The third kappa shape index (κ3) is 1.35. The van der Waals surface area contributed by atoms with Crippen molar-refractivity contribution in [2.24, 2.45) is 7.05 Å². The van der Waals surface area contributed by atoms with Gasteiger partial charge in [-0.1, -0.05) is 11.3 Å². The Hall–Kier alpha value is -1.62. The molecule has 1 fully saturated rings. The summed E-state index contributed by atoms with van der Waals surface area (Å²) < 4.78 is 7.55. The van der Waals surface area contributed by atoms with Crippen LogP contribution < -0.4 is 10.1 Å². The van der Waals surface area contributed by atoms with E-state index in [2.05, 4.69) is 15.6 Å². The SMILES string of the molecule is Cn1nnc2c(OC3CNC3)cccc21. The van der Waals surface area contributed by atoms with Crippen LogP contribution in [0.2, 0.25) is 0 Å². The number of hydrogen-bond acceptors (Lipinski definition) is 4. The largest absolute Gasteiger partial charge is 0.485 e. The summed E-state index contributed by atoms with van der Waals surface area (Å²) in [6.45, 7) is 1.83. The Bertz CT molecular complexity index is 489. The van der Waals surface area contributed by atoms with Crippen LogP contribution in [-0.2, 0) is 7.05 Å². The van der Waals surface area contributed by atoms with Gasteiger partial charge in [0.1, 0.15) is 11.9 Å². The molecule has 0 aliphatic carbocycles. The lowest BCUT2D eigenvalue weighted by Gasteiger charge is -2.27. The minimum Gasteiger partial charge on any atom is -0.485 e. The van der Waals surface area contributed by atoms with Crippen molar-refractivity contribution in [3.05, 3.63) is 18.2 Å². The van der Waals surface area contributed by atoms with Gasteiger partial charge < -0.3 is 10.1 Å². The van der Waals surface area contributed by atoms with E-state index in [-0.39, 0.29) is 6.10 Å². The van der Waals surface area contributed by atoms with Crippen LogP contribution in [0.4, 0.5) is 0 Å². The quantitative estimate of drug-likeness (QED) is 0.765. The zero-order valence-electron chi connectivity index (χ0n) is 8.47. The highest BCUT2D eigenvalue weighted by molar-refractivity contribution is 5.80. The van der Waals surface area contributed by atoms with Crippen molar-refractivity contribution in [2.45, 2.75) is 6.10 Å². The first kappa shape index (κ1) is 8.67. The van der Waals surface area contributed by atoms with Gasteiger partial charge in [-0.05, 0) is 12.1 Å². The van der Waals surface area contributed by atoms with Crippen LogP contribution in [-0.4, -0.2) is 34.2 Å². The van der Waals surface area contributed by atoms with E-state index in [1.165, 1.54) is 0 Å². The third-order valence-corrected chi connectivity index (χ3v) is 2.64. The molecule has 3 rings (SSSR count). The summed E-state index contributed by atoms with van der Waals surface area (Å²) in [4.78, 5) is 0. The molecular formula is C10H12N4O. The van der Waals surface area contributed by atoms with E-state index in [0.29, 0.717) is 0 Å². The number of benzene rings is 1. The second-order valence-electron chi connectivity index (χ2n) is 3.74. The number of aromatic nitrogens is 3. The minimum atomic E-state index is 0.276. The number of nitrogens with zero attached hydrogens (tertiary/aromatic N) is 3. The second kappa shape index (κ2) is 3.20. The summed E-state index contributed by atoms with van der Waals surface area (Å²) in [7, 11) is 1.88. The third-order valence-electron chi connectivity index (χ3n) is 2.64. The molecule has 78 valence electrons. The zero-order valence-corrected chi connectivity index (χ0v) is 8.47. The van der Waals surface area contributed by atoms with Gasteiger partial charge in [-0.2, -0.15) is 0 Å². The molecule has 1 saturated heterocycles. The first-order chi connectivity index (χ1) is 7.34. The Morgan fingerprint density at radius 2 is 2.33 bits per heavy atom. The van der Waals surface area contributed by atoms with Gasteiger partial charge in [-0.3, -0.25) is 0 Å². The molecule has 0 saturated carbocycles. The Labute approximate surface area is 87.0 Å². The van der Waals surface area contributed by atoms with Crippen molar-refractivity contribution in [2.75, 3.05) is 13.1 Å². The molecular weight excluding hydrogens is 192 g/mol. The molecule has 2 heterocycles. The van der Waals surface area contributed by atoms with Gasteiger partial charge in [0.15, 0.2) is 5.52 Å². The molecule has 5 nitrogen and oxygen atoms in total. The summed E-state index contributed by atoms with van der Waals surface area (Å²) in [5, 5.41) is 11.2. The molecule has 0 unspecified atom stereocenters. The van der Waals surface area contributed by atoms with Crippen LogP contribution in [0.25, 0.3) is 11.0 Å². The minimum absolute atomic E-state index is 0.276. The topological polar surface area (TPSA) is 52.0 Å². The van der Waals surface area contributed by atoms with E-state index in [0.717, 1.165) is 29.9 Å². The van der Waals surface area contributed by atoms with Gasteiger partial charge in [0.05, 0.1) is 5.52 Å². The molecule has 1 aromatic heterocycles. The molecule has 0 atom stereocenters. The summed E-state index contributed by atoms with van der Waals surface area (Å²) in [5.41, 5.74) is 1.84. The van der Waals surface area contributed by atoms with Crippen molar-refractivity contribution in [1.29, 1.82) is 0 Å². The van der Waals surface area contributed by atoms with Crippen LogP contribution >= 0.6 is 0 Å². The van der Waals surface area contributed by atoms with Crippen molar-refractivity contribution < 1.29 is 4.74 Å². The fraction of sp³-hybridized carbons (Fsp3) is 0.400. The van der Waals surface area contributed by atoms with E-state index in [9.17, 15) is 0 Å². The number of hydrogen-bond donors (Lipinski definition) is 1. The summed E-state index contributed by atoms with van der Waals surface area (Å²) >= 11 is 0. The Morgan fingerprint density at radius 3 is 3.07 bits per heavy atom. The average Bonchev–Trinajstić information content (AvgIpc) is 2.55. The molecule has 1 N–H and O–H groups in total. The monoisotopic (exact) mass is 204 g/mol. The molecule has 0 bridgehead atoms.